The van der Waals surface area contributed by atoms with Crippen LogP contribution in [0, 0.1) is 0 Å². The van der Waals surface area contributed by atoms with Crippen molar-refractivity contribution in [3.8, 4) is 0 Å². The minimum Gasteiger partial charge on any atom is -0.307 e. The Morgan fingerprint density at radius 3 is 2.60 bits per heavy atom. The highest BCUT2D eigenvalue weighted by Gasteiger charge is 2.36. The predicted octanol–water partition coefficient (Wildman–Crippen LogP) is 2.28. The second-order valence-electron chi connectivity index (χ2n) is 5.88. The first-order valence-electron chi connectivity index (χ1n) is 5.68. The van der Waals surface area contributed by atoms with Crippen molar-refractivity contribution in [1.82, 2.24) is 15.1 Å². The minimum absolute atomic E-state index is 0.0851. The summed E-state index contributed by atoms with van der Waals surface area (Å²) >= 11 is 0. The van der Waals surface area contributed by atoms with Crippen LogP contribution in [0.25, 0.3) is 0 Å². The fourth-order valence-electron chi connectivity index (χ4n) is 1.50. The lowest BCUT2D eigenvalue weighted by molar-refractivity contribution is 0.355. The third-order valence-electron chi connectivity index (χ3n) is 3.04. The van der Waals surface area contributed by atoms with E-state index < -0.39 is 0 Å². The van der Waals surface area contributed by atoms with Crippen LogP contribution in [-0.4, -0.2) is 15.3 Å². The molecule has 1 N–H and O–H groups in total. The topological polar surface area (TPSA) is 29.9 Å². The van der Waals surface area contributed by atoms with E-state index in [9.17, 15) is 0 Å². The molecule has 0 bridgehead atoms. The highest BCUT2D eigenvalue weighted by molar-refractivity contribution is 5.07. The van der Waals surface area contributed by atoms with E-state index in [1.165, 1.54) is 18.4 Å². The van der Waals surface area contributed by atoms with E-state index in [2.05, 4.69) is 44.3 Å². The van der Waals surface area contributed by atoms with E-state index in [1.54, 1.807) is 0 Å². The largest absolute Gasteiger partial charge is 0.307 e. The van der Waals surface area contributed by atoms with E-state index in [0.717, 1.165) is 6.54 Å². The second kappa shape index (κ2) is 3.34. The van der Waals surface area contributed by atoms with Gasteiger partial charge in [-0.25, -0.2) is 0 Å². The molecule has 2 rings (SSSR count). The van der Waals surface area contributed by atoms with E-state index in [4.69, 9.17) is 0 Å². The monoisotopic (exact) mass is 207 g/mol. The van der Waals surface area contributed by atoms with Crippen molar-refractivity contribution in [2.75, 3.05) is 0 Å². The molecule has 0 spiro atoms. The van der Waals surface area contributed by atoms with Gasteiger partial charge in [-0.2, -0.15) is 5.10 Å². The lowest BCUT2D eigenvalue weighted by Crippen LogP contribution is -2.27. The lowest BCUT2D eigenvalue weighted by atomic mass is 10.1. The van der Waals surface area contributed by atoms with Crippen LogP contribution in [0.5, 0.6) is 0 Å². The smallest absolute Gasteiger partial charge is 0.0543 e. The van der Waals surface area contributed by atoms with Crippen molar-refractivity contribution in [1.29, 1.82) is 0 Å². The van der Waals surface area contributed by atoms with Gasteiger partial charge in [0.05, 0.1) is 11.7 Å². The van der Waals surface area contributed by atoms with Gasteiger partial charge in [-0.15, -0.1) is 0 Å². The Labute approximate surface area is 91.9 Å². The summed E-state index contributed by atoms with van der Waals surface area (Å²) in [5, 5.41) is 7.95. The molecule has 1 fully saturated rings. The molecule has 0 aliphatic heterocycles. The van der Waals surface area contributed by atoms with Crippen LogP contribution in [0.1, 0.15) is 46.1 Å². The Morgan fingerprint density at radius 1 is 1.47 bits per heavy atom. The van der Waals surface area contributed by atoms with Gasteiger partial charge in [-0.3, -0.25) is 4.68 Å². The Bertz CT molecular complexity index is 342. The average molecular weight is 207 g/mol. The van der Waals surface area contributed by atoms with Crippen molar-refractivity contribution in [2.24, 2.45) is 0 Å². The SMILES string of the molecule is CC1(NCc2cnn(C(C)(C)C)c2)CC1. The zero-order valence-electron chi connectivity index (χ0n) is 10.2. The standard InChI is InChI=1S/C12H21N3/c1-11(2,3)15-9-10(8-14-15)7-13-12(4)5-6-12/h8-9,13H,5-7H2,1-4H3. The maximum atomic E-state index is 4.39. The van der Waals surface area contributed by atoms with Gasteiger partial charge >= 0.3 is 0 Å². The van der Waals surface area contributed by atoms with Crippen LogP contribution >= 0.6 is 0 Å². The molecule has 15 heavy (non-hydrogen) atoms. The summed E-state index contributed by atoms with van der Waals surface area (Å²) in [6, 6.07) is 0. The van der Waals surface area contributed by atoms with Crippen molar-refractivity contribution < 1.29 is 0 Å². The summed E-state index contributed by atoms with van der Waals surface area (Å²) in [7, 11) is 0. The average Bonchev–Trinajstić information content (AvgIpc) is 2.66. The molecular weight excluding hydrogens is 186 g/mol. The fourth-order valence-corrected chi connectivity index (χ4v) is 1.50. The van der Waals surface area contributed by atoms with Gasteiger partial charge < -0.3 is 5.32 Å². The van der Waals surface area contributed by atoms with E-state index in [0.29, 0.717) is 5.54 Å². The van der Waals surface area contributed by atoms with Gasteiger partial charge in [-0.05, 0) is 40.5 Å². The van der Waals surface area contributed by atoms with Crippen molar-refractivity contribution in [3.05, 3.63) is 18.0 Å². The molecule has 1 heterocycles. The summed E-state index contributed by atoms with van der Waals surface area (Å²) in [4.78, 5) is 0. The Morgan fingerprint density at radius 2 is 2.13 bits per heavy atom. The number of aromatic nitrogens is 2. The molecule has 1 aromatic heterocycles. The number of hydrogen-bond donors (Lipinski definition) is 1. The third kappa shape index (κ3) is 2.59. The molecular formula is C12H21N3. The van der Waals surface area contributed by atoms with Gasteiger partial charge in [0.25, 0.3) is 0 Å². The third-order valence-corrected chi connectivity index (χ3v) is 3.04. The summed E-state index contributed by atoms with van der Waals surface area (Å²) in [5.74, 6) is 0. The minimum atomic E-state index is 0.0851. The second-order valence-corrected chi connectivity index (χ2v) is 5.88. The zero-order valence-corrected chi connectivity index (χ0v) is 10.2. The van der Waals surface area contributed by atoms with E-state index in [-0.39, 0.29) is 5.54 Å². The fraction of sp³-hybridized carbons (Fsp3) is 0.750. The molecule has 3 heteroatoms. The first-order valence-corrected chi connectivity index (χ1v) is 5.68. The van der Waals surface area contributed by atoms with E-state index in [1.807, 2.05) is 10.9 Å². The normalized spacial score (nSPS) is 19.2. The van der Waals surface area contributed by atoms with Gasteiger partial charge in [0.2, 0.25) is 0 Å². The summed E-state index contributed by atoms with van der Waals surface area (Å²) in [6.07, 6.45) is 6.71. The highest BCUT2D eigenvalue weighted by atomic mass is 15.3. The summed E-state index contributed by atoms with van der Waals surface area (Å²) < 4.78 is 2.03. The van der Waals surface area contributed by atoms with Crippen LogP contribution in [0.4, 0.5) is 0 Å². The zero-order chi connectivity index (χ0) is 11.1. The molecule has 1 aromatic rings. The predicted molar refractivity (Wildman–Crippen MR) is 61.7 cm³/mol. The van der Waals surface area contributed by atoms with Gasteiger partial charge in [-0.1, -0.05) is 0 Å². The van der Waals surface area contributed by atoms with Gasteiger partial charge in [0.1, 0.15) is 0 Å². The molecule has 0 radical (unpaired) electrons. The van der Waals surface area contributed by atoms with Crippen molar-refractivity contribution in [2.45, 2.75) is 58.2 Å². The highest BCUT2D eigenvalue weighted by Crippen LogP contribution is 2.34. The van der Waals surface area contributed by atoms with Crippen LogP contribution < -0.4 is 5.32 Å². The first-order chi connectivity index (χ1) is 6.89. The number of nitrogens with one attached hydrogen (secondary N) is 1. The van der Waals surface area contributed by atoms with Crippen molar-refractivity contribution >= 4 is 0 Å². The molecule has 3 nitrogen and oxygen atoms in total. The van der Waals surface area contributed by atoms with Crippen LogP contribution in [0.15, 0.2) is 12.4 Å². The number of rotatable bonds is 3. The Balaban J connectivity index is 1.95. The molecule has 1 aliphatic carbocycles. The molecule has 1 saturated carbocycles. The molecule has 0 aromatic carbocycles. The number of nitrogens with zero attached hydrogens (tertiary/aromatic N) is 2. The maximum absolute atomic E-state index is 4.39. The Hall–Kier alpha value is -0.830. The molecule has 84 valence electrons. The van der Waals surface area contributed by atoms with Gasteiger partial charge in [0, 0.05) is 23.8 Å². The van der Waals surface area contributed by atoms with Crippen LogP contribution in [0.2, 0.25) is 0 Å². The molecule has 0 unspecified atom stereocenters. The van der Waals surface area contributed by atoms with Crippen LogP contribution in [0.3, 0.4) is 0 Å². The Kier molecular flexibility index (Phi) is 2.38. The lowest BCUT2D eigenvalue weighted by Gasteiger charge is -2.18. The quantitative estimate of drug-likeness (QED) is 0.824. The summed E-state index contributed by atoms with van der Waals surface area (Å²) in [5.41, 5.74) is 1.77. The van der Waals surface area contributed by atoms with Crippen molar-refractivity contribution in [3.63, 3.8) is 0 Å². The summed E-state index contributed by atoms with van der Waals surface area (Å²) in [6.45, 7) is 9.71. The van der Waals surface area contributed by atoms with Gasteiger partial charge in [0.15, 0.2) is 0 Å². The first kappa shape index (κ1) is 10.7. The molecule has 0 amide bonds. The molecule has 0 atom stereocenters. The molecule has 0 saturated heterocycles. The maximum Gasteiger partial charge on any atom is 0.0543 e. The van der Waals surface area contributed by atoms with Crippen LogP contribution in [-0.2, 0) is 12.1 Å². The molecule has 1 aliphatic rings. The van der Waals surface area contributed by atoms with E-state index >= 15 is 0 Å². The number of hydrogen-bond acceptors (Lipinski definition) is 2.